The van der Waals surface area contributed by atoms with E-state index in [0.29, 0.717) is 22.8 Å². The van der Waals surface area contributed by atoms with Gasteiger partial charge in [-0.3, -0.25) is 4.79 Å². The summed E-state index contributed by atoms with van der Waals surface area (Å²) in [6.07, 6.45) is 2.49. The number of hydrogen-bond acceptors (Lipinski definition) is 7. The van der Waals surface area contributed by atoms with Crippen molar-refractivity contribution in [2.45, 2.75) is 59.9 Å². The van der Waals surface area contributed by atoms with E-state index in [4.69, 9.17) is 23.7 Å². The molecule has 2 rings (SSSR count). The molecule has 2 aromatic carbocycles. The van der Waals surface area contributed by atoms with Crippen LogP contribution in [0.1, 0.15) is 57.5 Å². The number of phenolic OH excluding ortho intramolecular Hbond substituents is 1. The van der Waals surface area contributed by atoms with E-state index in [-0.39, 0.29) is 41.1 Å². The lowest BCUT2D eigenvalue weighted by Gasteiger charge is -2.21. The summed E-state index contributed by atoms with van der Waals surface area (Å²) < 4.78 is 28.3. The van der Waals surface area contributed by atoms with Crippen LogP contribution < -0.4 is 23.7 Å². The third-order valence-corrected chi connectivity index (χ3v) is 4.35. The number of ether oxygens (including phenoxy) is 5. The van der Waals surface area contributed by atoms with Gasteiger partial charge in [-0.25, -0.2) is 0 Å². The number of benzene rings is 2. The second-order valence-electron chi connectivity index (χ2n) is 8.23. The Morgan fingerprint density at radius 2 is 1.42 bits per heavy atom. The van der Waals surface area contributed by atoms with Crippen LogP contribution in [-0.2, 0) is 0 Å². The van der Waals surface area contributed by atoms with Crippen LogP contribution >= 0.6 is 0 Å². The van der Waals surface area contributed by atoms with E-state index >= 15 is 0 Å². The van der Waals surface area contributed by atoms with Crippen molar-refractivity contribution in [2.24, 2.45) is 0 Å². The third-order valence-electron chi connectivity index (χ3n) is 4.35. The lowest BCUT2D eigenvalue weighted by molar-refractivity contribution is 0.103. The molecule has 0 amide bonds. The molecular formula is C26H34O7. The van der Waals surface area contributed by atoms with Crippen molar-refractivity contribution < 1.29 is 33.6 Å². The zero-order valence-electron chi connectivity index (χ0n) is 20.6. The quantitative estimate of drug-likeness (QED) is 0.343. The van der Waals surface area contributed by atoms with Gasteiger partial charge in [0.25, 0.3) is 0 Å². The number of phenols is 1. The van der Waals surface area contributed by atoms with Gasteiger partial charge < -0.3 is 28.8 Å². The number of methoxy groups -OCH3 is 2. The van der Waals surface area contributed by atoms with Gasteiger partial charge in [-0.05, 0) is 65.8 Å². The van der Waals surface area contributed by atoms with Crippen LogP contribution in [0, 0.1) is 0 Å². The molecule has 0 aliphatic carbocycles. The number of allylic oxidation sites excluding steroid dienone is 1. The molecule has 0 heterocycles. The minimum Gasteiger partial charge on any atom is -0.507 e. The SMILES string of the molecule is COc1ccc(/C=C/C(=O)c2c(O)cc(OC(C)C)c(OC)c2OC(C)C)c(OC(C)C)c1. The van der Waals surface area contributed by atoms with Gasteiger partial charge in [0.1, 0.15) is 22.8 Å². The summed E-state index contributed by atoms with van der Waals surface area (Å²) in [5.74, 6) is 1.18. The van der Waals surface area contributed by atoms with E-state index < -0.39 is 5.78 Å². The number of aromatic hydroxyl groups is 1. The van der Waals surface area contributed by atoms with Crippen LogP contribution in [-0.4, -0.2) is 43.4 Å². The van der Waals surface area contributed by atoms with Gasteiger partial charge in [0.2, 0.25) is 5.75 Å². The zero-order valence-corrected chi connectivity index (χ0v) is 20.6. The Bertz CT molecular complexity index is 991. The number of ketones is 1. The zero-order chi connectivity index (χ0) is 24.7. The fourth-order valence-electron chi connectivity index (χ4n) is 3.11. The summed E-state index contributed by atoms with van der Waals surface area (Å²) in [5.41, 5.74) is 0.683. The molecule has 0 bridgehead atoms. The first-order valence-corrected chi connectivity index (χ1v) is 10.9. The van der Waals surface area contributed by atoms with Gasteiger partial charge in [0, 0.05) is 17.7 Å². The predicted molar refractivity (Wildman–Crippen MR) is 128 cm³/mol. The first-order chi connectivity index (χ1) is 15.6. The highest BCUT2D eigenvalue weighted by atomic mass is 16.5. The number of carbonyl (C=O) groups excluding carboxylic acids is 1. The molecule has 0 aliphatic heterocycles. The van der Waals surface area contributed by atoms with E-state index in [9.17, 15) is 9.90 Å². The van der Waals surface area contributed by atoms with Gasteiger partial charge in [-0.1, -0.05) is 0 Å². The summed E-state index contributed by atoms with van der Waals surface area (Å²) in [6.45, 7) is 11.2. The topological polar surface area (TPSA) is 83.5 Å². The molecule has 0 spiro atoms. The van der Waals surface area contributed by atoms with E-state index in [1.165, 1.54) is 19.3 Å². The Kier molecular flexibility index (Phi) is 9.02. The maximum atomic E-state index is 13.2. The van der Waals surface area contributed by atoms with E-state index in [0.717, 1.165) is 0 Å². The minimum absolute atomic E-state index is 0.00672. The van der Waals surface area contributed by atoms with Crippen molar-refractivity contribution in [3.63, 3.8) is 0 Å². The van der Waals surface area contributed by atoms with E-state index in [1.807, 2.05) is 41.5 Å². The summed E-state index contributed by atoms with van der Waals surface area (Å²) in [6, 6.07) is 6.71. The molecule has 0 aliphatic rings. The first-order valence-electron chi connectivity index (χ1n) is 10.9. The van der Waals surface area contributed by atoms with Gasteiger partial charge in [-0.15, -0.1) is 0 Å². The molecule has 2 aromatic rings. The van der Waals surface area contributed by atoms with Crippen molar-refractivity contribution in [1.29, 1.82) is 0 Å². The van der Waals surface area contributed by atoms with E-state index in [1.54, 1.807) is 31.4 Å². The molecule has 0 saturated heterocycles. The molecule has 0 fully saturated rings. The molecule has 0 atom stereocenters. The molecule has 1 N–H and O–H groups in total. The van der Waals surface area contributed by atoms with Gasteiger partial charge >= 0.3 is 0 Å². The molecule has 0 radical (unpaired) electrons. The largest absolute Gasteiger partial charge is 0.507 e. The predicted octanol–water partition coefficient (Wildman–Crippen LogP) is 5.67. The molecule has 33 heavy (non-hydrogen) atoms. The van der Waals surface area contributed by atoms with Crippen LogP contribution in [0.2, 0.25) is 0 Å². The molecular weight excluding hydrogens is 424 g/mol. The number of rotatable bonds is 11. The fraction of sp³-hybridized carbons (Fsp3) is 0.423. The summed E-state index contributed by atoms with van der Waals surface area (Å²) in [4.78, 5) is 13.2. The van der Waals surface area contributed by atoms with Crippen LogP contribution in [0.15, 0.2) is 30.3 Å². The van der Waals surface area contributed by atoms with Crippen LogP contribution in [0.5, 0.6) is 34.5 Å². The Morgan fingerprint density at radius 1 is 0.818 bits per heavy atom. The van der Waals surface area contributed by atoms with Crippen molar-refractivity contribution in [2.75, 3.05) is 14.2 Å². The first kappa shape index (κ1) is 25.9. The monoisotopic (exact) mass is 458 g/mol. The summed E-state index contributed by atoms with van der Waals surface area (Å²) in [5, 5.41) is 10.7. The molecule has 0 saturated carbocycles. The lowest BCUT2D eigenvalue weighted by Crippen LogP contribution is -2.13. The average Bonchev–Trinajstić information content (AvgIpc) is 2.71. The highest BCUT2D eigenvalue weighted by Crippen LogP contribution is 2.46. The van der Waals surface area contributed by atoms with Crippen molar-refractivity contribution in [1.82, 2.24) is 0 Å². The minimum atomic E-state index is -0.455. The molecule has 0 unspecified atom stereocenters. The van der Waals surface area contributed by atoms with Crippen LogP contribution in [0.25, 0.3) is 6.08 Å². The maximum Gasteiger partial charge on any atom is 0.204 e. The highest BCUT2D eigenvalue weighted by molar-refractivity contribution is 6.11. The molecule has 180 valence electrons. The van der Waals surface area contributed by atoms with Gasteiger partial charge in [0.15, 0.2) is 17.3 Å². The van der Waals surface area contributed by atoms with Crippen LogP contribution in [0.3, 0.4) is 0 Å². The summed E-state index contributed by atoms with van der Waals surface area (Å²) >= 11 is 0. The average molecular weight is 459 g/mol. The van der Waals surface area contributed by atoms with E-state index in [2.05, 4.69) is 0 Å². The summed E-state index contributed by atoms with van der Waals surface area (Å²) in [7, 11) is 3.04. The standard InChI is InChI=1S/C26H34O7/c1-15(2)31-22-13-19(29-7)11-9-18(22)10-12-20(27)24-21(28)14-23(32-16(3)4)25(30-8)26(24)33-17(5)6/h9-17,28H,1-8H3/b12-10+. The Morgan fingerprint density at radius 3 is 1.97 bits per heavy atom. The van der Waals surface area contributed by atoms with Crippen molar-refractivity contribution >= 4 is 11.9 Å². The van der Waals surface area contributed by atoms with Gasteiger partial charge in [-0.2, -0.15) is 0 Å². The Balaban J connectivity index is 2.54. The Hall–Kier alpha value is -3.35. The van der Waals surface area contributed by atoms with Crippen molar-refractivity contribution in [3.05, 3.63) is 41.5 Å². The third kappa shape index (κ3) is 6.81. The normalized spacial score (nSPS) is 11.4. The maximum absolute atomic E-state index is 13.2. The van der Waals surface area contributed by atoms with Crippen molar-refractivity contribution in [3.8, 4) is 34.5 Å². The molecule has 7 nitrogen and oxygen atoms in total. The fourth-order valence-corrected chi connectivity index (χ4v) is 3.11. The second kappa shape index (κ2) is 11.5. The smallest absolute Gasteiger partial charge is 0.204 e. The second-order valence-corrected chi connectivity index (χ2v) is 8.23. The number of hydrogen-bond donors (Lipinski definition) is 1. The highest BCUT2D eigenvalue weighted by Gasteiger charge is 2.26. The number of carbonyl (C=O) groups is 1. The van der Waals surface area contributed by atoms with Gasteiger partial charge in [0.05, 0.1) is 32.5 Å². The Labute approximate surface area is 195 Å². The lowest BCUT2D eigenvalue weighted by atomic mass is 10.0. The molecule has 0 aromatic heterocycles. The van der Waals surface area contributed by atoms with Crippen LogP contribution in [0.4, 0.5) is 0 Å². The molecule has 7 heteroatoms.